The maximum Gasteiger partial charge on any atom is 0.308 e. The van der Waals surface area contributed by atoms with Crippen molar-refractivity contribution >= 4 is 33.1 Å². The Morgan fingerprint density at radius 1 is 1.08 bits per heavy atom. The molecule has 0 aliphatic carbocycles. The minimum absolute atomic E-state index is 0.0674. The Bertz CT molecular complexity index is 842. The van der Waals surface area contributed by atoms with Crippen LogP contribution in [-0.4, -0.2) is 31.4 Å². The van der Waals surface area contributed by atoms with Gasteiger partial charge in [0, 0.05) is 6.04 Å². The topological polar surface area (TPSA) is 101 Å². The van der Waals surface area contributed by atoms with Crippen molar-refractivity contribution in [3.63, 3.8) is 0 Å². The van der Waals surface area contributed by atoms with Gasteiger partial charge in [0.05, 0.1) is 15.7 Å². The molecule has 128 valence electrons. The maximum absolute atomic E-state index is 12.5. The molecule has 1 amide bonds. The van der Waals surface area contributed by atoms with Gasteiger partial charge in [0.1, 0.15) is 4.21 Å². The zero-order valence-corrected chi connectivity index (χ0v) is 14.7. The molecule has 6 nitrogen and oxygen atoms in total. The molecule has 2 unspecified atom stereocenters. The van der Waals surface area contributed by atoms with Gasteiger partial charge < -0.3 is 10.4 Å². The summed E-state index contributed by atoms with van der Waals surface area (Å²) in [4.78, 5) is 23.5. The van der Waals surface area contributed by atoms with E-state index in [1.165, 1.54) is 31.2 Å². The summed E-state index contributed by atoms with van der Waals surface area (Å²) in [6.07, 6.45) is 0. The molecule has 2 atom stereocenters. The second kappa shape index (κ2) is 7.14. The van der Waals surface area contributed by atoms with Gasteiger partial charge in [-0.15, -0.1) is 11.3 Å². The summed E-state index contributed by atoms with van der Waals surface area (Å²) < 4.78 is 25.0. The minimum atomic E-state index is -3.67. The van der Waals surface area contributed by atoms with Crippen LogP contribution in [0.15, 0.2) is 51.6 Å². The van der Waals surface area contributed by atoms with Crippen LogP contribution in [0.3, 0.4) is 0 Å². The Balaban J connectivity index is 2.19. The lowest BCUT2D eigenvalue weighted by Crippen LogP contribution is -2.39. The highest BCUT2D eigenvalue weighted by atomic mass is 32.2. The van der Waals surface area contributed by atoms with Crippen molar-refractivity contribution < 1.29 is 23.1 Å². The summed E-state index contributed by atoms with van der Waals surface area (Å²) >= 11 is 0.857. The SMILES string of the molecule is CC(NC(=O)c1ccc(S(=O)(=O)c2ccccc2)s1)C(C)C(=O)O. The molecule has 1 heterocycles. The number of thiophene rings is 1. The van der Waals surface area contributed by atoms with Crippen LogP contribution < -0.4 is 5.32 Å². The zero-order chi connectivity index (χ0) is 17.9. The summed E-state index contributed by atoms with van der Waals surface area (Å²) in [5.41, 5.74) is 0. The summed E-state index contributed by atoms with van der Waals surface area (Å²) in [7, 11) is -3.67. The molecule has 0 radical (unpaired) electrons. The summed E-state index contributed by atoms with van der Waals surface area (Å²) in [6, 6.07) is 10.2. The van der Waals surface area contributed by atoms with Crippen molar-refractivity contribution in [1.29, 1.82) is 0 Å². The molecular weight excluding hydrogens is 350 g/mol. The first-order chi connectivity index (χ1) is 11.2. The Labute approximate surface area is 144 Å². The Morgan fingerprint density at radius 2 is 1.71 bits per heavy atom. The number of aliphatic carboxylic acids is 1. The van der Waals surface area contributed by atoms with Gasteiger partial charge in [0.2, 0.25) is 9.84 Å². The number of carboxylic acids is 1. The molecule has 0 fully saturated rings. The lowest BCUT2D eigenvalue weighted by molar-refractivity contribution is -0.141. The van der Waals surface area contributed by atoms with Gasteiger partial charge in [-0.25, -0.2) is 8.42 Å². The van der Waals surface area contributed by atoms with Crippen molar-refractivity contribution in [2.24, 2.45) is 5.92 Å². The summed E-state index contributed by atoms with van der Waals surface area (Å²) in [5.74, 6) is -2.25. The van der Waals surface area contributed by atoms with Crippen LogP contribution in [0.1, 0.15) is 23.5 Å². The van der Waals surface area contributed by atoms with Gasteiger partial charge in [-0.05, 0) is 38.1 Å². The molecule has 0 saturated heterocycles. The lowest BCUT2D eigenvalue weighted by atomic mass is 10.0. The van der Waals surface area contributed by atoms with Crippen molar-refractivity contribution in [2.75, 3.05) is 0 Å². The van der Waals surface area contributed by atoms with E-state index in [4.69, 9.17) is 5.11 Å². The van der Waals surface area contributed by atoms with E-state index < -0.39 is 33.7 Å². The van der Waals surface area contributed by atoms with Crippen LogP contribution >= 0.6 is 11.3 Å². The molecular formula is C16H17NO5S2. The van der Waals surface area contributed by atoms with E-state index in [9.17, 15) is 18.0 Å². The molecule has 0 aliphatic heterocycles. The summed E-state index contributed by atoms with van der Waals surface area (Å²) in [5, 5.41) is 11.5. The maximum atomic E-state index is 12.5. The second-order valence-electron chi connectivity index (χ2n) is 5.32. The fourth-order valence-corrected chi connectivity index (χ4v) is 4.55. The molecule has 2 N–H and O–H groups in total. The third-order valence-electron chi connectivity index (χ3n) is 3.62. The fraction of sp³-hybridized carbons (Fsp3) is 0.250. The van der Waals surface area contributed by atoms with E-state index in [1.54, 1.807) is 25.1 Å². The van der Waals surface area contributed by atoms with Gasteiger partial charge in [-0.3, -0.25) is 9.59 Å². The highest BCUT2D eigenvalue weighted by molar-refractivity contribution is 7.93. The number of carbonyl (C=O) groups is 2. The van der Waals surface area contributed by atoms with Gasteiger partial charge in [0.25, 0.3) is 5.91 Å². The first kappa shape index (κ1) is 18.2. The smallest absolute Gasteiger partial charge is 0.308 e. The lowest BCUT2D eigenvalue weighted by Gasteiger charge is -2.17. The molecule has 1 aromatic heterocycles. The van der Waals surface area contributed by atoms with Crippen molar-refractivity contribution in [1.82, 2.24) is 5.32 Å². The quantitative estimate of drug-likeness (QED) is 0.817. The number of rotatable bonds is 6. The first-order valence-corrected chi connectivity index (χ1v) is 9.47. The molecule has 2 aromatic rings. The number of hydrogen-bond donors (Lipinski definition) is 2. The zero-order valence-electron chi connectivity index (χ0n) is 13.1. The van der Waals surface area contributed by atoms with Gasteiger partial charge in [-0.2, -0.15) is 0 Å². The predicted molar refractivity (Wildman–Crippen MR) is 89.9 cm³/mol. The molecule has 8 heteroatoms. The third kappa shape index (κ3) is 3.82. The van der Waals surface area contributed by atoms with Gasteiger partial charge in [0.15, 0.2) is 0 Å². The van der Waals surface area contributed by atoms with Gasteiger partial charge in [-0.1, -0.05) is 18.2 Å². The number of nitrogens with one attached hydrogen (secondary N) is 1. The number of sulfone groups is 1. The van der Waals surface area contributed by atoms with Gasteiger partial charge >= 0.3 is 5.97 Å². The van der Waals surface area contributed by atoms with Crippen LogP contribution in [0, 0.1) is 5.92 Å². The van der Waals surface area contributed by atoms with Crippen LogP contribution in [0.5, 0.6) is 0 Å². The van der Waals surface area contributed by atoms with E-state index in [-0.39, 0.29) is 14.0 Å². The Morgan fingerprint density at radius 3 is 2.29 bits per heavy atom. The van der Waals surface area contributed by atoms with Crippen LogP contribution in [0.25, 0.3) is 0 Å². The Kier molecular flexibility index (Phi) is 5.40. The van der Waals surface area contributed by atoms with Crippen molar-refractivity contribution in [3.05, 3.63) is 47.3 Å². The molecule has 0 spiro atoms. The van der Waals surface area contributed by atoms with Crippen LogP contribution in [-0.2, 0) is 14.6 Å². The number of amides is 1. The van der Waals surface area contributed by atoms with Crippen LogP contribution in [0.4, 0.5) is 0 Å². The van der Waals surface area contributed by atoms with E-state index in [1.807, 2.05) is 0 Å². The molecule has 24 heavy (non-hydrogen) atoms. The van der Waals surface area contributed by atoms with Crippen LogP contribution in [0.2, 0.25) is 0 Å². The van der Waals surface area contributed by atoms with E-state index in [0.29, 0.717) is 0 Å². The number of carbonyl (C=O) groups excluding carboxylic acids is 1. The largest absolute Gasteiger partial charge is 0.481 e. The average Bonchev–Trinajstić information content (AvgIpc) is 3.05. The molecule has 0 saturated carbocycles. The third-order valence-corrected chi connectivity index (χ3v) is 6.97. The average molecular weight is 367 g/mol. The standard InChI is InChI=1S/C16H17NO5S2/c1-10(16(19)20)11(2)17-15(18)13-8-9-14(23-13)24(21,22)12-6-4-3-5-7-12/h3-11H,1-2H3,(H,17,18)(H,19,20). The monoisotopic (exact) mass is 367 g/mol. The number of benzene rings is 1. The first-order valence-electron chi connectivity index (χ1n) is 7.17. The highest BCUT2D eigenvalue weighted by Gasteiger charge is 2.24. The predicted octanol–water partition coefficient (Wildman–Crippen LogP) is 2.42. The number of hydrogen-bond acceptors (Lipinski definition) is 5. The second-order valence-corrected chi connectivity index (χ2v) is 8.58. The van der Waals surface area contributed by atoms with Crippen molar-refractivity contribution in [2.45, 2.75) is 29.0 Å². The number of carboxylic acid groups (broad SMARTS) is 1. The molecule has 0 bridgehead atoms. The van der Waals surface area contributed by atoms with E-state index in [0.717, 1.165) is 11.3 Å². The minimum Gasteiger partial charge on any atom is -0.481 e. The fourth-order valence-electron chi connectivity index (χ4n) is 1.92. The highest BCUT2D eigenvalue weighted by Crippen LogP contribution is 2.27. The molecule has 2 rings (SSSR count). The summed E-state index contributed by atoms with van der Waals surface area (Å²) in [6.45, 7) is 3.08. The van der Waals surface area contributed by atoms with E-state index in [2.05, 4.69) is 5.32 Å². The molecule has 0 aliphatic rings. The van der Waals surface area contributed by atoms with Crippen molar-refractivity contribution in [3.8, 4) is 0 Å². The normalized spacial score (nSPS) is 13.9. The molecule has 1 aromatic carbocycles. The Hall–Kier alpha value is -2.19. The van der Waals surface area contributed by atoms with E-state index >= 15 is 0 Å².